The van der Waals surface area contributed by atoms with Gasteiger partial charge >= 0.3 is 0 Å². The highest BCUT2D eigenvalue weighted by Gasteiger charge is 2.09. The molecule has 21 heavy (non-hydrogen) atoms. The minimum atomic E-state index is 0.194. The van der Waals surface area contributed by atoms with Gasteiger partial charge in [-0.25, -0.2) is 0 Å². The van der Waals surface area contributed by atoms with Gasteiger partial charge < -0.3 is 5.11 Å². The maximum absolute atomic E-state index is 9.88. The topological polar surface area (TPSA) is 74.7 Å². The number of aromatic nitrogens is 4. The quantitative estimate of drug-likeness (QED) is 0.687. The molecular weight excluding hydrogens is 264 g/mol. The molecule has 0 aliphatic heterocycles. The molecule has 0 radical (unpaired) electrons. The van der Waals surface area contributed by atoms with Gasteiger partial charge in [0.05, 0.1) is 5.56 Å². The fraction of sp³-hybridized carbons (Fsp3) is 0.562. The van der Waals surface area contributed by atoms with Crippen LogP contribution < -0.4 is 0 Å². The number of hydrogen-bond acceptors (Lipinski definition) is 4. The molecule has 2 aromatic rings. The Hall–Kier alpha value is -1.91. The van der Waals surface area contributed by atoms with E-state index in [-0.39, 0.29) is 5.75 Å². The Balaban J connectivity index is 1.80. The molecule has 0 aliphatic rings. The standard InChI is InChI=1S/C16H24N4O/c1-2-3-4-5-6-7-8-9-13-10-11-15(21)14(12-13)16-17-19-20-18-16/h10-12,21H,2-9H2,1H3,(H,17,18,19,20). The smallest absolute Gasteiger partial charge is 0.208 e. The van der Waals surface area contributed by atoms with Crippen LogP contribution in [0, 0.1) is 0 Å². The highest BCUT2D eigenvalue weighted by atomic mass is 16.3. The SMILES string of the molecule is CCCCCCCCCc1ccc(O)c(-c2nn[nH]n2)c1. The van der Waals surface area contributed by atoms with Crippen molar-refractivity contribution in [2.75, 3.05) is 0 Å². The predicted molar refractivity (Wildman–Crippen MR) is 83.0 cm³/mol. The van der Waals surface area contributed by atoms with E-state index < -0.39 is 0 Å². The number of nitrogens with one attached hydrogen (secondary N) is 1. The zero-order chi connectivity index (χ0) is 14.9. The first-order chi connectivity index (χ1) is 10.3. The Morgan fingerprint density at radius 1 is 1.05 bits per heavy atom. The number of benzene rings is 1. The highest BCUT2D eigenvalue weighted by molar-refractivity contribution is 5.63. The zero-order valence-corrected chi connectivity index (χ0v) is 12.7. The van der Waals surface area contributed by atoms with Gasteiger partial charge in [0.2, 0.25) is 5.82 Å². The lowest BCUT2D eigenvalue weighted by Crippen LogP contribution is -1.89. The summed E-state index contributed by atoms with van der Waals surface area (Å²) in [7, 11) is 0. The van der Waals surface area contributed by atoms with E-state index in [0.29, 0.717) is 11.4 Å². The van der Waals surface area contributed by atoms with Crippen LogP contribution in [0.5, 0.6) is 5.75 Å². The van der Waals surface area contributed by atoms with E-state index in [1.807, 2.05) is 12.1 Å². The third-order valence-corrected chi connectivity index (χ3v) is 3.72. The number of aromatic amines is 1. The largest absolute Gasteiger partial charge is 0.507 e. The summed E-state index contributed by atoms with van der Waals surface area (Å²) in [5.41, 5.74) is 1.85. The van der Waals surface area contributed by atoms with Crippen molar-refractivity contribution in [3.63, 3.8) is 0 Å². The van der Waals surface area contributed by atoms with E-state index in [0.717, 1.165) is 6.42 Å². The van der Waals surface area contributed by atoms with Gasteiger partial charge in [0.1, 0.15) is 5.75 Å². The van der Waals surface area contributed by atoms with Crippen molar-refractivity contribution in [3.05, 3.63) is 23.8 Å². The van der Waals surface area contributed by atoms with Gasteiger partial charge in [-0.1, -0.05) is 51.5 Å². The third-order valence-electron chi connectivity index (χ3n) is 3.72. The van der Waals surface area contributed by atoms with Gasteiger partial charge in [-0.2, -0.15) is 5.21 Å². The Bertz CT molecular complexity index is 525. The zero-order valence-electron chi connectivity index (χ0n) is 12.7. The van der Waals surface area contributed by atoms with Crippen molar-refractivity contribution in [2.24, 2.45) is 0 Å². The lowest BCUT2D eigenvalue weighted by atomic mass is 10.0. The van der Waals surface area contributed by atoms with Crippen LogP contribution in [0.15, 0.2) is 18.2 Å². The van der Waals surface area contributed by atoms with Gasteiger partial charge in [-0.15, -0.1) is 10.2 Å². The summed E-state index contributed by atoms with van der Waals surface area (Å²) >= 11 is 0. The van der Waals surface area contributed by atoms with E-state index in [1.54, 1.807) is 6.07 Å². The monoisotopic (exact) mass is 288 g/mol. The first-order valence-electron chi connectivity index (χ1n) is 7.87. The van der Waals surface area contributed by atoms with Gasteiger partial charge in [0, 0.05) is 0 Å². The van der Waals surface area contributed by atoms with E-state index in [1.165, 1.54) is 50.5 Å². The number of rotatable bonds is 9. The van der Waals surface area contributed by atoms with Crippen molar-refractivity contribution >= 4 is 0 Å². The first kappa shape index (κ1) is 15.5. The highest BCUT2D eigenvalue weighted by Crippen LogP contribution is 2.27. The maximum atomic E-state index is 9.88. The molecule has 0 fully saturated rings. The van der Waals surface area contributed by atoms with Gasteiger partial charge in [-0.05, 0) is 35.8 Å². The molecule has 2 N–H and O–H groups in total. The lowest BCUT2D eigenvalue weighted by molar-refractivity contribution is 0.476. The number of nitrogens with zero attached hydrogens (tertiary/aromatic N) is 3. The van der Waals surface area contributed by atoms with E-state index >= 15 is 0 Å². The Morgan fingerprint density at radius 3 is 2.52 bits per heavy atom. The third kappa shape index (κ3) is 4.85. The number of hydrogen-bond donors (Lipinski definition) is 2. The molecule has 0 saturated heterocycles. The number of aromatic hydroxyl groups is 1. The van der Waals surface area contributed by atoms with Crippen molar-refractivity contribution in [3.8, 4) is 17.1 Å². The van der Waals surface area contributed by atoms with Crippen LogP contribution in [-0.2, 0) is 6.42 Å². The number of H-pyrrole nitrogens is 1. The summed E-state index contributed by atoms with van der Waals surface area (Å²) < 4.78 is 0. The van der Waals surface area contributed by atoms with Crippen LogP contribution in [0.4, 0.5) is 0 Å². The Labute approximate surface area is 125 Å². The number of unbranched alkanes of at least 4 members (excludes halogenated alkanes) is 6. The van der Waals surface area contributed by atoms with Gasteiger partial charge in [0.25, 0.3) is 0 Å². The molecule has 0 atom stereocenters. The van der Waals surface area contributed by atoms with Crippen LogP contribution >= 0.6 is 0 Å². The molecule has 1 aromatic heterocycles. The predicted octanol–water partition coefficient (Wildman–Crippen LogP) is 3.87. The van der Waals surface area contributed by atoms with Gasteiger partial charge in [0.15, 0.2) is 0 Å². The molecule has 0 unspecified atom stereocenters. The van der Waals surface area contributed by atoms with Crippen molar-refractivity contribution in [1.82, 2.24) is 20.6 Å². The normalized spacial score (nSPS) is 10.9. The van der Waals surface area contributed by atoms with Crippen molar-refractivity contribution in [1.29, 1.82) is 0 Å². The van der Waals surface area contributed by atoms with E-state index in [9.17, 15) is 5.11 Å². The molecule has 1 heterocycles. The fourth-order valence-electron chi connectivity index (χ4n) is 2.48. The second-order valence-corrected chi connectivity index (χ2v) is 5.46. The average Bonchev–Trinajstić information content (AvgIpc) is 3.02. The molecule has 0 saturated carbocycles. The Kier molecular flexibility index (Phi) is 6.19. The number of tetrazole rings is 1. The molecule has 0 amide bonds. The summed E-state index contributed by atoms with van der Waals surface area (Å²) in [6.45, 7) is 2.24. The molecule has 1 aromatic carbocycles. The van der Waals surface area contributed by atoms with Crippen LogP contribution in [-0.4, -0.2) is 25.7 Å². The molecule has 2 rings (SSSR count). The molecule has 5 nitrogen and oxygen atoms in total. The van der Waals surface area contributed by atoms with Gasteiger partial charge in [-0.3, -0.25) is 0 Å². The molecule has 5 heteroatoms. The number of phenols is 1. The summed E-state index contributed by atoms with van der Waals surface area (Å²) in [5, 5.41) is 23.7. The molecule has 0 bridgehead atoms. The number of phenolic OH excluding ortho intramolecular Hbond substituents is 1. The molecule has 114 valence electrons. The molecule has 0 spiro atoms. The summed E-state index contributed by atoms with van der Waals surface area (Å²) in [6, 6.07) is 5.63. The summed E-state index contributed by atoms with van der Waals surface area (Å²) in [4.78, 5) is 0. The summed E-state index contributed by atoms with van der Waals surface area (Å²) in [6.07, 6.45) is 10.1. The van der Waals surface area contributed by atoms with Crippen LogP contribution in [0.3, 0.4) is 0 Å². The van der Waals surface area contributed by atoms with E-state index in [4.69, 9.17) is 0 Å². The Morgan fingerprint density at radius 2 is 1.81 bits per heavy atom. The summed E-state index contributed by atoms with van der Waals surface area (Å²) in [5.74, 6) is 0.633. The van der Waals surface area contributed by atoms with Crippen molar-refractivity contribution < 1.29 is 5.11 Å². The van der Waals surface area contributed by atoms with E-state index in [2.05, 4.69) is 27.5 Å². The molecule has 0 aliphatic carbocycles. The van der Waals surface area contributed by atoms with Crippen LogP contribution in [0.25, 0.3) is 11.4 Å². The lowest BCUT2D eigenvalue weighted by Gasteiger charge is -2.05. The molecular formula is C16H24N4O. The van der Waals surface area contributed by atoms with Crippen LogP contribution in [0.1, 0.15) is 57.4 Å². The first-order valence-corrected chi connectivity index (χ1v) is 7.87. The minimum absolute atomic E-state index is 0.194. The number of aryl methyl sites for hydroxylation is 1. The second-order valence-electron chi connectivity index (χ2n) is 5.46. The minimum Gasteiger partial charge on any atom is -0.507 e. The van der Waals surface area contributed by atoms with Crippen molar-refractivity contribution in [2.45, 2.75) is 58.3 Å². The average molecular weight is 288 g/mol. The second kappa shape index (κ2) is 8.39. The van der Waals surface area contributed by atoms with Crippen LogP contribution in [0.2, 0.25) is 0 Å². The fourth-order valence-corrected chi connectivity index (χ4v) is 2.48. The maximum Gasteiger partial charge on any atom is 0.208 e.